The molecule has 2 unspecified atom stereocenters. The molecule has 2 aliphatic heterocycles. The molecule has 1 amide bonds. The van der Waals surface area contributed by atoms with Crippen molar-refractivity contribution in [2.24, 2.45) is 0 Å². The minimum absolute atomic E-state index is 0.279. The number of nitriles is 1. The highest BCUT2D eigenvalue weighted by atomic mass is 16.5. The molecule has 6 heteroatoms. The summed E-state index contributed by atoms with van der Waals surface area (Å²) < 4.78 is 8.39. The van der Waals surface area contributed by atoms with Crippen molar-refractivity contribution >= 4 is 6.09 Å². The number of amides is 1. The van der Waals surface area contributed by atoms with Crippen molar-refractivity contribution in [1.29, 1.82) is 5.26 Å². The van der Waals surface area contributed by atoms with Crippen LogP contribution in [0.5, 0.6) is 5.75 Å². The third-order valence-corrected chi connectivity index (χ3v) is 4.70. The van der Waals surface area contributed by atoms with E-state index >= 15 is 0 Å². The summed E-state index contributed by atoms with van der Waals surface area (Å²) in [6.07, 6.45) is 1.77. The van der Waals surface area contributed by atoms with Crippen molar-refractivity contribution in [3.63, 3.8) is 0 Å². The summed E-state index contributed by atoms with van der Waals surface area (Å²) in [6, 6.07) is 13.1. The molecule has 1 N–H and O–H groups in total. The Hall–Kier alpha value is -2.94. The van der Waals surface area contributed by atoms with Crippen LogP contribution in [0, 0.1) is 11.3 Å². The molecule has 0 bridgehead atoms. The van der Waals surface area contributed by atoms with Crippen LogP contribution in [0.15, 0.2) is 42.6 Å². The number of carboxylic acid groups (broad SMARTS) is 1. The number of para-hydroxylation sites is 2. The van der Waals surface area contributed by atoms with E-state index in [0.717, 1.165) is 17.1 Å². The largest absolute Gasteiger partial charge is 0.479 e. The zero-order chi connectivity index (χ0) is 16.0. The van der Waals surface area contributed by atoms with Gasteiger partial charge >= 0.3 is 6.09 Å². The molecular formula is C17H15N3O3. The Kier molecular flexibility index (Phi) is 2.85. The van der Waals surface area contributed by atoms with Gasteiger partial charge < -0.3 is 14.4 Å². The van der Waals surface area contributed by atoms with Gasteiger partial charge in [-0.05, 0) is 24.3 Å². The fourth-order valence-corrected chi connectivity index (χ4v) is 3.62. The van der Waals surface area contributed by atoms with Gasteiger partial charge in [-0.2, -0.15) is 5.26 Å². The van der Waals surface area contributed by atoms with Crippen molar-refractivity contribution in [3.8, 4) is 17.5 Å². The summed E-state index contributed by atoms with van der Waals surface area (Å²) in [6.45, 7) is 0.279. The second kappa shape index (κ2) is 4.78. The highest BCUT2D eigenvalue weighted by Crippen LogP contribution is 2.46. The molecule has 1 spiro atoms. The van der Waals surface area contributed by atoms with Crippen LogP contribution in [-0.2, 0) is 5.60 Å². The Bertz CT molecular complexity index is 822. The molecule has 3 heterocycles. The average molecular weight is 309 g/mol. The predicted octanol–water partition coefficient (Wildman–Crippen LogP) is 2.73. The van der Waals surface area contributed by atoms with E-state index in [0.29, 0.717) is 12.8 Å². The van der Waals surface area contributed by atoms with Crippen molar-refractivity contribution in [1.82, 2.24) is 9.47 Å². The Balaban J connectivity index is 1.79. The molecule has 2 aromatic rings. The Morgan fingerprint density at radius 3 is 2.96 bits per heavy atom. The summed E-state index contributed by atoms with van der Waals surface area (Å²) in [4.78, 5) is 12.5. The van der Waals surface area contributed by atoms with Crippen LogP contribution in [0.25, 0.3) is 5.69 Å². The van der Waals surface area contributed by atoms with Gasteiger partial charge in [-0.25, -0.2) is 4.79 Å². The maximum Gasteiger partial charge on any atom is 0.408 e. The van der Waals surface area contributed by atoms with Gasteiger partial charge in [-0.15, -0.1) is 0 Å². The standard InChI is InChI=1S/C17H15N3O3/c18-11-12-10-17(7-9-19(12)16(21)22)15-6-3-8-20(15)13-4-1-2-5-14(13)23-17/h1-6,8,12H,7,9-10H2,(H,21,22). The second-order valence-corrected chi connectivity index (χ2v) is 5.90. The van der Waals surface area contributed by atoms with Gasteiger partial charge in [0.2, 0.25) is 0 Å². The van der Waals surface area contributed by atoms with Gasteiger partial charge in [0, 0.05) is 25.6 Å². The van der Waals surface area contributed by atoms with E-state index < -0.39 is 17.7 Å². The third kappa shape index (κ3) is 1.90. The Labute approximate surface area is 133 Å². The van der Waals surface area contributed by atoms with E-state index in [4.69, 9.17) is 4.74 Å². The number of fused-ring (bicyclic) bond motifs is 4. The van der Waals surface area contributed by atoms with Crippen molar-refractivity contribution in [3.05, 3.63) is 48.3 Å². The zero-order valence-electron chi connectivity index (χ0n) is 12.3. The first kappa shape index (κ1) is 13.7. The molecule has 1 saturated heterocycles. The summed E-state index contributed by atoms with van der Waals surface area (Å²) in [7, 11) is 0. The van der Waals surface area contributed by atoms with E-state index in [-0.39, 0.29) is 6.54 Å². The van der Waals surface area contributed by atoms with Crippen molar-refractivity contribution < 1.29 is 14.6 Å². The second-order valence-electron chi connectivity index (χ2n) is 5.90. The molecule has 0 aliphatic carbocycles. The zero-order valence-corrected chi connectivity index (χ0v) is 12.3. The van der Waals surface area contributed by atoms with Crippen molar-refractivity contribution in [2.75, 3.05) is 6.54 Å². The van der Waals surface area contributed by atoms with Crippen LogP contribution in [0.2, 0.25) is 0 Å². The van der Waals surface area contributed by atoms with Crippen LogP contribution in [0.4, 0.5) is 4.79 Å². The van der Waals surface area contributed by atoms with E-state index in [1.807, 2.05) is 42.6 Å². The molecule has 4 rings (SSSR count). The highest BCUT2D eigenvalue weighted by Gasteiger charge is 2.48. The Morgan fingerprint density at radius 1 is 1.35 bits per heavy atom. The topological polar surface area (TPSA) is 78.5 Å². The minimum Gasteiger partial charge on any atom is -0.479 e. The summed E-state index contributed by atoms with van der Waals surface area (Å²) in [5, 5.41) is 18.7. The average Bonchev–Trinajstić information content (AvgIpc) is 3.05. The van der Waals surface area contributed by atoms with E-state index in [2.05, 4.69) is 10.6 Å². The quantitative estimate of drug-likeness (QED) is 0.811. The maximum absolute atomic E-state index is 11.3. The first-order valence-electron chi connectivity index (χ1n) is 7.50. The van der Waals surface area contributed by atoms with Crippen LogP contribution in [0.3, 0.4) is 0 Å². The number of rotatable bonds is 0. The molecule has 1 aromatic heterocycles. The van der Waals surface area contributed by atoms with Crippen LogP contribution >= 0.6 is 0 Å². The Morgan fingerprint density at radius 2 is 2.17 bits per heavy atom. The minimum atomic E-state index is -1.06. The smallest absolute Gasteiger partial charge is 0.408 e. The van der Waals surface area contributed by atoms with Gasteiger partial charge in [0.15, 0.2) is 5.60 Å². The van der Waals surface area contributed by atoms with Crippen LogP contribution in [0.1, 0.15) is 18.5 Å². The molecule has 1 aromatic carbocycles. The summed E-state index contributed by atoms with van der Waals surface area (Å²) in [5.41, 5.74) is 1.28. The first-order valence-corrected chi connectivity index (χ1v) is 7.50. The van der Waals surface area contributed by atoms with E-state index in [9.17, 15) is 15.2 Å². The molecule has 6 nitrogen and oxygen atoms in total. The van der Waals surface area contributed by atoms with Crippen LogP contribution in [-0.4, -0.2) is 33.3 Å². The fraction of sp³-hybridized carbons (Fsp3) is 0.294. The SMILES string of the molecule is N#CC1CC2(CCN1C(=O)O)Oc1ccccc1-n1cccc12. The monoisotopic (exact) mass is 309 g/mol. The fourth-order valence-electron chi connectivity index (χ4n) is 3.62. The number of carbonyl (C=O) groups is 1. The van der Waals surface area contributed by atoms with Crippen LogP contribution < -0.4 is 4.74 Å². The number of aromatic nitrogens is 1. The number of piperidine rings is 1. The normalized spacial score (nSPS) is 25.2. The van der Waals surface area contributed by atoms with Gasteiger partial charge in [-0.1, -0.05) is 12.1 Å². The molecular weight excluding hydrogens is 294 g/mol. The van der Waals surface area contributed by atoms with Gasteiger partial charge in [0.1, 0.15) is 11.8 Å². The highest BCUT2D eigenvalue weighted by molar-refractivity contribution is 5.66. The summed E-state index contributed by atoms with van der Waals surface area (Å²) in [5.74, 6) is 0.761. The lowest BCUT2D eigenvalue weighted by molar-refractivity contribution is -0.0223. The van der Waals surface area contributed by atoms with E-state index in [1.54, 1.807) is 0 Å². The predicted molar refractivity (Wildman–Crippen MR) is 81.4 cm³/mol. The summed E-state index contributed by atoms with van der Waals surface area (Å²) >= 11 is 0. The molecule has 1 fully saturated rings. The number of nitrogens with zero attached hydrogens (tertiary/aromatic N) is 3. The lowest BCUT2D eigenvalue weighted by Crippen LogP contribution is -2.54. The van der Waals surface area contributed by atoms with Gasteiger partial charge in [-0.3, -0.25) is 4.90 Å². The third-order valence-electron chi connectivity index (χ3n) is 4.70. The first-order chi connectivity index (χ1) is 11.1. The lowest BCUT2D eigenvalue weighted by atomic mass is 9.83. The van der Waals surface area contributed by atoms with E-state index in [1.165, 1.54) is 4.90 Å². The number of benzene rings is 1. The van der Waals surface area contributed by atoms with Gasteiger partial charge in [0.25, 0.3) is 0 Å². The number of ether oxygens (including phenoxy) is 1. The number of likely N-dealkylation sites (tertiary alicyclic amines) is 1. The molecule has 23 heavy (non-hydrogen) atoms. The molecule has 116 valence electrons. The lowest BCUT2D eigenvalue weighted by Gasteiger charge is -2.46. The molecule has 2 aliphatic rings. The molecule has 2 atom stereocenters. The van der Waals surface area contributed by atoms with Crippen molar-refractivity contribution in [2.45, 2.75) is 24.5 Å². The van der Waals surface area contributed by atoms with Gasteiger partial charge in [0.05, 0.1) is 17.5 Å². The molecule has 0 radical (unpaired) electrons. The number of hydrogen-bond donors (Lipinski definition) is 1. The maximum atomic E-state index is 11.3. The number of hydrogen-bond acceptors (Lipinski definition) is 3. The molecule has 0 saturated carbocycles.